The highest BCUT2D eigenvalue weighted by atomic mass is 16.4. The van der Waals surface area contributed by atoms with Crippen LogP contribution in [-0.4, -0.2) is 58.3 Å². The standard InChI is InChI=1S/C20H25N3O4/c24-18-15-2-1-3-16(12-15)19(25)23(17(18)20(26)27)22-10-6-14(7-11-22)13-4-8-21-9-5-13/h1-3,12-14,21,24H,4-11H2,(H,26,27). The molecule has 1 aromatic rings. The van der Waals surface area contributed by atoms with E-state index in [4.69, 9.17) is 0 Å². The summed E-state index contributed by atoms with van der Waals surface area (Å²) in [6.07, 6.45) is 4.22. The second kappa shape index (κ2) is 7.32. The minimum Gasteiger partial charge on any atom is -0.505 e. The molecular weight excluding hydrogens is 346 g/mol. The van der Waals surface area contributed by atoms with Gasteiger partial charge in [0.25, 0.3) is 5.91 Å². The number of hydrogen-bond donors (Lipinski definition) is 3. The number of fused-ring (bicyclic) bond motifs is 2. The molecule has 0 radical (unpaired) electrons. The summed E-state index contributed by atoms with van der Waals surface area (Å²) in [6.45, 7) is 3.34. The predicted molar refractivity (Wildman–Crippen MR) is 99.7 cm³/mol. The third kappa shape index (κ3) is 3.33. The van der Waals surface area contributed by atoms with Gasteiger partial charge in [0, 0.05) is 24.2 Å². The molecule has 7 nitrogen and oxygen atoms in total. The number of carbonyl (C=O) groups excluding carboxylic acids is 1. The summed E-state index contributed by atoms with van der Waals surface area (Å²) in [5.74, 6) is -0.762. The number of hydrazine groups is 1. The number of nitrogens with zero attached hydrogens (tertiary/aromatic N) is 2. The third-order valence-corrected chi connectivity index (χ3v) is 6.06. The fourth-order valence-electron chi connectivity index (χ4n) is 4.60. The lowest BCUT2D eigenvalue weighted by Crippen LogP contribution is -2.51. The molecule has 2 fully saturated rings. The quantitative estimate of drug-likeness (QED) is 0.753. The van der Waals surface area contributed by atoms with Crippen molar-refractivity contribution in [3.63, 3.8) is 0 Å². The van der Waals surface area contributed by atoms with Crippen molar-refractivity contribution in [2.75, 3.05) is 26.2 Å². The molecule has 2 saturated heterocycles. The van der Waals surface area contributed by atoms with Crippen LogP contribution >= 0.6 is 0 Å². The third-order valence-electron chi connectivity index (χ3n) is 6.06. The first-order valence-corrected chi connectivity index (χ1v) is 9.63. The molecular formula is C20H25N3O4. The van der Waals surface area contributed by atoms with Crippen LogP contribution in [0.4, 0.5) is 0 Å². The maximum absolute atomic E-state index is 13.0. The van der Waals surface area contributed by atoms with Gasteiger partial charge in [-0.3, -0.25) is 4.79 Å². The van der Waals surface area contributed by atoms with Gasteiger partial charge in [0.1, 0.15) is 0 Å². The Bertz CT molecular complexity index is 777. The molecule has 0 aliphatic carbocycles. The van der Waals surface area contributed by atoms with E-state index >= 15 is 0 Å². The lowest BCUT2D eigenvalue weighted by molar-refractivity contribution is -0.137. The van der Waals surface area contributed by atoms with E-state index < -0.39 is 11.9 Å². The average molecular weight is 371 g/mol. The highest BCUT2D eigenvalue weighted by molar-refractivity contribution is 6.05. The molecule has 2 bridgehead atoms. The molecule has 144 valence electrons. The Kier molecular flexibility index (Phi) is 4.88. The first kappa shape index (κ1) is 18.0. The number of nitrogens with one attached hydrogen (secondary N) is 1. The molecule has 3 heterocycles. The number of rotatable bonds is 3. The van der Waals surface area contributed by atoms with Crippen molar-refractivity contribution in [2.24, 2.45) is 11.8 Å². The number of benzene rings is 1. The van der Waals surface area contributed by atoms with Gasteiger partial charge < -0.3 is 15.5 Å². The summed E-state index contributed by atoms with van der Waals surface area (Å²) in [4.78, 5) is 24.9. The summed E-state index contributed by atoms with van der Waals surface area (Å²) >= 11 is 0. The van der Waals surface area contributed by atoms with E-state index in [1.807, 2.05) is 0 Å². The molecule has 3 N–H and O–H groups in total. The lowest BCUT2D eigenvalue weighted by Gasteiger charge is -2.42. The van der Waals surface area contributed by atoms with Crippen LogP contribution in [0.2, 0.25) is 0 Å². The number of carbonyl (C=O) groups is 2. The molecule has 3 aliphatic heterocycles. The molecule has 1 aromatic carbocycles. The van der Waals surface area contributed by atoms with Crippen molar-refractivity contribution in [3.8, 4) is 0 Å². The van der Waals surface area contributed by atoms with Gasteiger partial charge in [-0.25, -0.2) is 14.8 Å². The topological polar surface area (TPSA) is 93.1 Å². The Balaban J connectivity index is 1.58. The summed E-state index contributed by atoms with van der Waals surface area (Å²) in [7, 11) is 0. The molecule has 27 heavy (non-hydrogen) atoms. The number of piperidine rings is 2. The summed E-state index contributed by atoms with van der Waals surface area (Å²) in [5, 5.41) is 26.6. The molecule has 0 atom stereocenters. The Hall–Kier alpha value is -2.38. The van der Waals surface area contributed by atoms with Crippen molar-refractivity contribution in [1.82, 2.24) is 15.3 Å². The van der Waals surface area contributed by atoms with Crippen LogP contribution in [0, 0.1) is 11.8 Å². The van der Waals surface area contributed by atoms with Crippen molar-refractivity contribution in [3.05, 3.63) is 41.1 Å². The van der Waals surface area contributed by atoms with Gasteiger partial charge in [-0.1, -0.05) is 12.1 Å². The fourth-order valence-corrected chi connectivity index (χ4v) is 4.60. The minimum absolute atomic E-state index is 0.352. The zero-order chi connectivity index (χ0) is 19.0. The predicted octanol–water partition coefficient (Wildman–Crippen LogP) is 2.08. The number of aliphatic hydroxyl groups excluding tert-OH is 1. The van der Waals surface area contributed by atoms with E-state index in [2.05, 4.69) is 5.32 Å². The van der Waals surface area contributed by atoms with Gasteiger partial charge in [0.05, 0.1) is 0 Å². The average Bonchev–Trinajstić information content (AvgIpc) is 2.78. The number of carboxylic acids is 1. The van der Waals surface area contributed by atoms with Crippen molar-refractivity contribution >= 4 is 17.6 Å². The second-order valence-corrected chi connectivity index (χ2v) is 7.58. The van der Waals surface area contributed by atoms with E-state index in [1.54, 1.807) is 29.3 Å². The van der Waals surface area contributed by atoms with Crippen molar-refractivity contribution < 1.29 is 19.8 Å². The van der Waals surface area contributed by atoms with Gasteiger partial charge in [-0.15, -0.1) is 0 Å². The van der Waals surface area contributed by atoms with E-state index in [0.717, 1.165) is 25.9 Å². The van der Waals surface area contributed by atoms with Gasteiger partial charge in [-0.2, -0.15) is 0 Å². The molecule has 0 unspecified atom stereocenters. The number of hydrogen-bond acceptors (Lipinski definition) is 5. The minimum atomic E-state index is -1.30. The van der Waals surface area contributed by atoms with Crippen LogP contribution in [0.1, 0.15) is 41.6 Å². The van der Waals surface area contributed by atoms with E-state index in [-0.39, 0.29) is 11.5 Å². The monoisotopic (exact) mass is 371 g/mol. The highest BCUT2D eigenvalue weighted by Crippen LogP contribution is 2.34. The number of aliphatic carboxylic acids is 1. The zero-order valence-electron chi connectivity index (χ0n) is 15.2. The van der Waals surface area contributed by atoms with E-state index in [9.17, 15) is 19.8 Å². The van der Waals surface area contributed by atoms with Gasteiger partial charge in [0.2, 0.25) is 0 Å². The first-order valence-electron chi connectivity index (χ1n) is 9.63. The lowest BCUT2D eigenvalue weighted by atomic mass is 9.79. The first-order chi connectivity index (χ1) is 13.1. The number of amides is 1. The maximum Gasteiger partial charge on any atom is 0.358 e. The molecule has 0 spiro atoms. The highest BCUT2D eigenvalue weighted by Gasteiger charge is 2.38. The molecule has 0 aromatic heterocycles. The van der Waals surface area contributed by atoms with Crippen LogP contribution in [0.5, 0.6) is 0 Å². The van der Waals surface area contributed by atoms with Gasteiger partial charge >= 0.3 is 5.97 Å². The molecule has 1 amide bonds. The Morgan fingerprint density at radius 3 is 2.33 bits per heavy atom. The largest absolute Gasteiger partial charge is 0.505 e. The Morgan fingerprint density at radius 1 is 1.04 bits per heavy atom. The van der Waals surface area contributed by atoms with E-state index in [1.165, 1.54) is 17.9 Å². The van der Waals surface area contributed by atoms with Crippen LogP contribution in [0.15, 0.2) is 30.0 Å². The Labute approximate surface area is 158 Å². The van der Waals surface area contributed by atoms with Crippen LogP contribution < -0.4 is 5.32 Å². The Morgan fingerprint density at radius 2 is 1.67 bits per heavy atom. The van der Waals surface area contributed by atoms with E-state index in [0.29, 0.717) is 36.1 Å². The maximum atomic E-state index is 13.0. The van der Waals surface area contributed by atoms with Crippen molar-refractivity contribution in [1.29, 1.82) is 0 Å². The summed E-state index contributed by atoms with van der Waals surface area (Å²) in [6, 6.07) is 6.47. The van der Waals surface area contributed by atoms with Gasteiger partial charge in [-0.05, 0) is 62.7 Å². The number of carboxylic acid groups (broad SMARTS) is 1. The zero-order valence-corrected chi connectivity index (χ0v) is 15.2. The molecule has 3 aliphatic rings. The van der Waals surface area contributed by atoms with Crippen LogP contribution in [-0.2, 0) is 4.79 Å². The number of aliphatic hydroxyl groups is 1. The fraction of sp³-hybridized carbons (Fsp3) is 0.500. The molecule has 7 heteroatoms. The molecule has 4 rings (SSSR count). The molecule has 0 saturated carbocycles. The summed E-state index contributed by atoms with van der Waals surface area (Å²) < 4.78 is 0. The summed E-state index contributed by atoms with van der Waals surface area (Å²) in [5.41, 5.74) is 0.377. The normalized spacial score (nSPS) is 22.8. The smallest absolute Gasteiger partial charge is 0.358 e. The van der Waals surface area contributed by atoms with Crippen LogP contribution in [0.25, 0.3) is 5.76 Å². The van der Waals surface area contributed by atoms with Crippen molar-refractivity contribution in [2.45, 2.75) is 25.7 Å². The van der Waals surface area contributed by atoms with Crippen LogP contribution in [0.3, 0.4) is 0 Å². The van der Waals surface area contributed by atoms with Gasteiger partial charge in [0.15, 0.2) is 11.5 Å². The second-order valence-electron chi connectivity index (χ2n) is 7.58. The SMILES string of the molecule is O=C(O)C1=C(O)c2cccc(c2)C(=O)N1N1CCC(C2CCNCC2)CC1.